The molecule has 0 radical (unpaired) electrons. The molecular weight excluding hydrogens is 404 g/mol. The molecule has 0 fully saturated rings. The standard InChI is InChI=1S/C27H32O5/c1-3-31-26(30)27(2,23-17-10-14-20-12-7-8-16-22(20)23)32-19-9-5-4-6-13-21-15-11-18-24(28)25(21)29/h7-8,10-12,14-18,28-29H,3-6,9,13,19H2,1-2H3. The van der Waals surface area contributed by atoms with E-state index in [4.69, 9.17) is 9.47 Å². The van der Waals surface area contributed by atoms with Gasteiger partial charge < -0.3 is 19.7 Å². The Balaban J connectivity index is 1.58. The Labute approximate surface area is 189 Å². The van der Waals surface area contributed by atoms with Gasteiger partial charge in [0, 0.05) is 12.2 Å². The van der Waals surface area contributed by atoms with E-state index in [0.717, 1.165) is 47.6 Å². The number of aromatic hydroxyl groups is 2. The fourth-order valence-corrected chi connectivity index (χ4v) is 3.98. The van der Waals surface area contributed by atoms with Crippen LogP contribution in [0.15, 0.2) is 60.7 Å². The lowest BCUT2D eigenvalue weighted by atomic mass is 9.90. The summed E-state index contributed by atoms with van der Waals surface area (Å²) in [4.78, 5) is 12.9. The van der Waals surface area contributed by atoms with E-state index in [1.165, 1.54) is 6.07 Å². The molecule has 5 nitrogen and oxygen atoms in total. The number of para-hydroxylation sites is 1. The number of phenols is 2. The fraction of sp³-hybridized carbons (Fsp3) is 0.370. The predicted molar refractivity (Wildman–Crippen MR) is 126 cm³/mol. The van der Waals surface area contributed by atoms with E-state index in [9.17, 15) is 15.0 Å². The zero-order valence-corrected chi connectivity index (χ0v) is 18.8. The van der Waals surface area contributed by atoms with Crippen LogP contribution in [0.2, 0.25) is 0 Å². The predicted octanol–water partition coefficient (Wildman–Crippen LogP) is 5.85. The number of benzene rings is 3. The summed E-state index contributed by atoms with van der Waals surface area (Å²) in [6.07, 6.45) is 4.32. The first kappa shape index (κ1) is 23.6. The summed E-state index contributed by atoms with van der Waals surface area (Å²) in [5.41, 5.74) is 0.394. The molecule has 1 unspecified atom stereocenters. The minimum absolute atomic E-state index is 0.0314. The molecule has 0 heterocycles. The molecule has 1 atom stereocenters. The second-order valence-electron chi connectivity index (χ2n) is 8.08. The molecule has 32 heavy (non-hydrogen) atoms. The Morgan fingerprint density at radius 3 is 2.44 bits per heavy atom. The van der Waals surface area contributed by atoms with Crippen LogP contribution in [0.3, 0.4) is 0 Å². The molecule has 0 saturated carbocycles. The number of carbonyl (C=O) groups is 1. The lowest BCUT2D eigenvalue weighted by Gasteiger charge is -2.29. The third-order valence-corrected chi connectivity index (χ3v) is 5.80. The molecule has 0 amide bonds. The minimum atomic E-state index is -1.18. The topological polar surface area (TPSA) is 76.0 Å². The van der Waals surface area contributed by atoms with E-state index < -0.39 is 5.60 Å². The summed E-state index contributed by atoms with van der Waals surface area (Å²) >= 11 is 0. The van der Waals surface area contributed by atoms with Gasteiger partial charge in [-0.2, -0.15) is 0 Å². The van der Waals surface area contributed by atoms with Crippen molar-refractivity contribution in [2.24, 2.45) is 0 Å². The zero-order valence-electron chi connectivity index (χ0n) is 18.8. The fourth-order valence-electron chi connectivity index (χ4n) is 3.98. The average molecular weight is 437 g/mol. The van der Waals surface area contributed by atoms with Gasteiger partial charge >= 0.3 is 5.97 Å². The van der Waals surface area contributed by atoms with Gasteiger partial charge in [-0.15, -0.1) is 0 Å². The summed E-state index contributed by atoms with van der Waals surface area (Å²) in [5, 5.41) is 21.5. The lowest BCUT2D eigenvalue weighted by molar-refractivity contribution is -0.171. The van der Waals surface area contributed by atoms with Crippen LogP contribution in [0, 0.1) is 0 Å². The minimum Gasteiger partial charge on any atom is -0.504 e. The maximum Gasteiger partial charge on any atom is 0.342 e. The van der Waals surface area contributed by atoms with Crippen LogP contribution >= 0.6 is 0 Å². The van der Waals surface area contributed by atoms with Crippen molar-refractivity contribution in [3.8, 4) is 11.5 Å². The van der Waals surface area contributed by atoms with Crippen LogP contribution in [-0.4, -0.2) is 29.4 Å². The number of ether oxygens (including phenoxy) is 2. The van der Waals surface area contributed by atoms with Gasteiger partial charge in [0.15, 0.2) is 17.1 Å². The molecule has 0 aliphatic carbocycles. The number of fused-ring (bicyclic) bond motifs is 1. The molecular formula is C27H32O5. The van der Waals surface area contributed by atoms with Gasteiger partial charge in [-0.3, -0.25) is 0 Å². The summed E-state index contributed by atoms with van der Waals surface area (Å²) in [5.74, 6) is -0.491. The normalized spacial score (nSPS) is 13.1. The van der Waals surface area contributed by atoms with Gasteiger partial charge in [0.05, 0.1) is 6.61 Å². The number of carbonyl (C=O) groups excluding carboxylic acids is 1. The Morgan fingerprint density at radius 2 is 1.62 bits per heavy atom. The largest absolute Gasteiger partial charge is 0.504 e. The molecule has 0 aliphatic rings. The quantitative estimate of drug-likeness (QED) is 0.224. The van der Waals surface area contributed by atoms with Crippen molar-refractivity contribution in [2.45, 2.75) is 51.6 Å². The van der Waals surface area contributed by atoms with Crippen LogP contribution in [0.5, 0.6) is 11.5 Å². The Morgan fingerprint density at radius 1 is 0.906 bits per heavy atom. The van der Waals surface area contributed by atoms with Gasteiger partial charge in [0.1, 0.15) is 0 Å². The summed E-state index contributed by atoms with van der Waals surface area (Å²) in [6, 6.07) is 18.9. The molecule has 0 aliphatic heterocycles. The highest BCUT2D eigenvalue weighted by Gasteiger charge is 2.39. The van der Waals surface area contributed by atoms with Crippen molar-refractivity contribution in [3.05, 3.63) is 71.8 Å². The summed E-state index contributed by atoms with van der Waals surface area (Å²) in [6.45, 7) is 4.32. The average Bonchev–Trinajstić information content (AvgIpc) is 2.80. The van der Waals surface area contributed by atoms with E-state index >= 15 is 0 Å². The Kier molecular flexibility index (Phi) is 8.12. The molecule has 3 aromatic rings. The molecule has 0 saturated heterocycles. The second-order valence-corrected chi connectivity index (χ2v) is 8.08. The van der Waals surface area contributed by atoms with Crippen molar-refractivity contribution >= 4 is 16.7 Å². The highest BCUT2D eigenvalue weighted by Crippen LogP contribution is 2.34. The van der Waals surface area contributed by atoms with Crippen molar-refractivity contribution in [1.29, 1.82) is 0 Å². The lowest BCUT2D eigenvalue weighted by Crippen LogP contribution is -2.38. The van der Waals surface area contributed by atoms with Crippen LogP contribution in [0.4, 0.5) is 0 Å². The number of hydrogen-bond acceptors (Lipinski definition) is 5. The number of phenolic OH excluding ortho intramolecular Hbond substituents is 2. The van der Waals surface area contributed by atoms with E-state index in [1.54, 1.807) is 19.9 Å². The molecule has 3 aromatic carbocycles. The third-order valence-electron chi connectivity index (χ3n) is 5.80. The number of esters is 1. The molecule has 170 valence electrons. The SMILES string of the molecule is CCOC(=O)C(C)(OCCCCCCc1cccc(O)c1O)c1cccc2ccccc12. The number of hydrogen-bond donors (Lipinski definition) is 2. The Hall–Kier alpha value is -3.05. The molecule has 2 N–H and O–H groups in total. The van der Waals surface area contributed by atoms with Gasteiger partial charge in [0.25, 0.3) is 0 Å². The maximum atomic E-state index is 12.9. The van der Waals surface area contributed by atoms with Crippen molar-refractivity contribution in [2.75, 3.05) is 13.2 Å². The number of unbranched alkanes of at least 4 members (excludes halogenated alkanes) is 3. The van der Waals surface area contributed by atoms with Crippen molar-refractivity contribution < 1.29 is 24.5 Å². The Bertz CT molecular complexity index is 1040. The highest BCUT2D eigenvalue weighted by atomic mass is 16.6. The van der Waals surface area contributed by atoms with Crippen LogP contribution < -0.4 is 0 Å². The number of aryl methyl sites for hydroxylation is 1. The molecule has 0 aromatic heterocycles. The molecule has 3 rings (SSSR count). The third kappa shape index (κ3) is 5.40. The second kappa shape index (κ2) is 11.0. The first-order valence-corrected chi connectivity index (χ1v) is 11.3. The zero-order chi connectivity index (χ0) is 23.0. The van der Waals surface area contributed by atoms with E-state index in [2.05, 4.69) is 0 Å². The van der Waals surface area contributed by atoms with Crippen molar-refractivity contribution in [1.82, 2.24) is 0 Å². The van der Waals surface area contributed by atoms with Gasteiger partial charge in [-0.05, 0) is 55.5 Å². The molecule has 0 bridgehead atoms. The first-order valence-electron chi connectivity index (χ1n) is 11.3. The van der Waals surface area contributed by atoms with E-state index in [-0.39, 0.29) is 17.5 Å². The monoisotopic (exact) mass is 436 g/mol. The van der Waals surface area contributed by atoms with E-state index in [1.807, 2.05) is 48.5 Å². The highest BCUT2D eigenvalue weighted by molar-refractivity contribution is 5.92. The maximum absolute atomic E-state index is 12.9. The van der Waals surface area contributed by atoms with Gasteiger partial charge in [-0.1, -0.05) is 67.4 Å². The summed E-state index contributed by atoms with van der Waals surface area (Å²) in [7, 11) is 0. The van der Waals surface area contributed by atoms with Gasteiger partial charge in [-0.25, -0.2) is 4.79 Å². The number of rotatable bonds is 11. The van der Waals surface area contributed by atoms with Crippen LogP contribution in [0.25, 0.3) is 10.8 Å². The summed E-state index contributed by atoms with van der Waals surface area (Å²) < 4.78 is 11.6. The molecule has 0 spiro atoms. The van der Waals surface area contributed by atoms with E-state index in [0.29, 0.717) is 19.6 Å². The molecule has 5 heteroatoms. The first-order chi connectivity index (χ1) is 15.5. The van der Waals surface area contributed by atoms with Crippen LogP contribution in [0.1, 0.15) is 50.7 Å². The van der Waals surface area contributed by atoms with Gasteiger partial charge in [0.2, 0.25) is 0 Å². The van der Waals surface area contributed by atoms with Crippen LogP contribution in [-0.2, 0) is 26.3 Å². The smallest absolute Gasteiger partial charge is 0.342 e. The van der Waals surface area contributed by atoms with Crippen molar-refractivity contribution in [3.63, 3.8) is 0 Å².